The summed E-state index contributed by atoms with van der Waals surface area (Å²) in [5.41, 5.74) is 1.49. The summed E-state index contributed by atoms with van der Waals surface area (Å²) in [6, 6.07) is 5.67. The van der Waals surface area contributed by atoms with Gasteiger partial charge in [0.2, 0.25) is 5.91 Å². The van der Waals surface area contributed by atoms with E-state index in [2.05, 4.69) is 10.2 Å². The zero-order valence-corrected chi connectivity index (χ0v) is 18.9. The monoisotopic (exact) mass is 444 g/mol. The normalized spacial score (nSPS) is 20.4. The van der Waals surface area contributed by atoms with E-state index in [1.807, 2.05) is 19.1 Å². The van der Waals surface area contributed by atoms with Gasteiger partial charge in [-0.25, -0.2) is 4.79 Å². The fourth-order valence-electron chi connectivity index (χ4n) is 4.70. The number of aryl methyl sites for hydroxylation is 1. The number of amides is 1. The van der Waals surface area contributed by atoms with Crippen LogP contribution in [0.2, 0.25) is 0 Å². The van der Waals surface area contributed by atoms with Crippen molar-refractivity contribution in [1.29, 1.82) is 0 Å². The number of nitrogens with one attached hydrogen (secondary N) is 1. The minimum atomic E-state index is -0.398. The van der Waals surface area contributed by atoms with Crippen molar-refractivity contribution >= 4 is 16.9 Å². The molecule has 0 radical (unpaired) electrons. The van der Waals surface area contributed by atoms with Gasteiger partial charge in [0.1, 0.15) is 11.3 Å². The Morgan fingerprint density at radius 3 is 2.78 bits per heavy atom. The number of fused-ring (bicyclic) bond motifs is 1. The number of ether oxygens (including phenoxy) is 3. The van der Waals surface area contributed by atoms with E-state index in [0.29, 0.717) is 35.8 Å². The molecule has 2 aliphatic heterocycles. The number of rotatable bonds is 8. The van der Waals surface area contributed by atoms with Gasteiger partial charge in [-0.1, -0.05) is 0 Å². The maximum atomic E-state index is 12.7. The first-order valence-corrected chi connectivity index (χ1v) is 11.3. The number of hydrogen-bond donors (Lipinski definition) is 1. The summed E-state index contributed by atoms with van der Waals surface area (Å²) >= 11 is 0. The summed E-state index contributed by atoms with van der Waals surface area (Å²) < 4.78 is 21.8. The lowest BCUT2D eigenvalue weighted by Gasteiger charge is -2.37. The molecule has 2 fully saturated rings. The van der Waals surface area contributed by atoms with Gasteiger partial charge in [0.15, 0.2) is 0 Å². The van der Waals surface area contributed by atoms with Crippen molar-refractivity contribution in [3.05, 3.63) is 39.7 Å². The van der Waals surface area contributed by atoms with Gasteiger partial charge in [-0.3, -0.25) is 9.69 Å². The summed E-state index contributed by atoms with van der Waals surface area (Å²) in [7, 11) is 1.57. The molecule has 1 N–H and O–H groups in total. The van der Waals surface area contributed by atoms with E-state index in [-0.39, 0.29) is 18.4 Å². The molecule has 3 heterocycles. The molecule has 2 aliphatic rings. The van der Waals surface area contributed by atoms with Gasteiger partial charge in [0.05, 0.1) is 26.9 Å². The molecule has 1 amide bonds. The lowest BCUT2D eigenvalue weighted by Crippen LogP contribution is -2.52. The molecule has 4 rings (SSSR count). The molecule has 2 aromatic rings. The number of methoxy groups -OCH3 is 1. The van der Waals surface area contributed by atoms with Crippen molar-refractivity contribution in [2.45, 2.75) is 32.2 Å². The molecule has 0 saturated carbocycles. The van der Waals surface area contributed by atoms with Crippen LogP contribution in [-0.4, -0.2) is 70.0 Å². The summed E-state index contributed by atoms with van der Waals surface area (Å²) in [5, 5.41) is 3.95. The van der Waals surface area contributed by atoms with Crippen LogP contribution in [0.25, 0.3) is 11.0 Å². The van der Waals surface area contributed by atoms with E-state index in [9.17, 15) is 9.59 Å². The van der Waals surface area contributed by atoms with Crippen molar-refractivity contribution < 1.29 is 23.4 Å². The number of carbonyl (C=O) groups excluding carboxylic acids is 1. The zero-order chi connectivity index (χ0) is 22.5. The second-order valence-corrected chi connectivity index (χ2v) is 8.50. The Bertz CT molecular complexity index is 992. The quantitative estimate of drug-likeness (QED) is 0.622. The third-order valence-corrected chi connectivity index (χ3v) is 6.63. The van der Waals surface area contributed by atoms with Crippen LogP contribution in [0.4, 0.5) is 0 Å². The molecule has 1 aromatic carbocycles. The molecular formula is C24H32N2O6. The third-order valence-electron chi connectivity index (χ3n) is 6.63. The van der Waals surface area contributed by atoms with Crippen LogP contribution in [0.15, 0.2) is 27.4 Å². The van der Waals surface area contributed by atoms with Gasteiger partial charge >= 0.3 is 5.63 Å². The highest BCUT2D eigenvalue weighted by atomic mass is 16.5. The molecule has 8 heteroatoms. The molecule has 0 spiro atoms. The highest BCUT2D eigenvalue weighted by molar-refractivity contribution is 5.82. The van der Waals surface area contributed by atoms with Crippen molar-refractivity contribution in [3.63, 3.8) is 0 Å². The zero-order valence-electron chi connectivity index (χ0n) is 18.9. The van der Waals surface area contributed by atoms with E-state index in [4.69, 9.17) is 18.6 Å². The Morgan fingerprint density at radius 1 is 1.25 bits per heavy atom. The van der Waals surface area contributed by atoms with Crippen LogP contribution in [0, 0.1) is 12.8 Å². The maximum Gasteiger partial charge on any atom is 0.339 e. The average Bonchev–Trinajstić information content (AvgIpc) is 3.34. The smallest absolute Gasteiger partial charge is 0.339 e. The van der Waals surface area contributed by atoms with Crippen LogP contribution in [0.3, 0.4) is 0 Å². The van der Waals surface area contributed by atoms with Gasteiger partial charge in [0, 0.05) is 61.6 Å². The van der Waals surface area contributed by atoms with Crippen molar-refractivity contribution in [2.75, 3.05) is 53.2 Å². The second-order valence-electron chi connectivity index (χ2n) is 8.50. The van der Waals surface area contributed by atoms with E-state index in [1.54, 1.807) is 13.2 Å². The van der Waals surface area contributed by atoms with Gasteiger partial charge < -0.3 is 23.9 Å². The maximum absolute atomic E-state index is 12.7. The summed E-state index contributed by atoms with van der Waals surface area (Å²) in [6.45, 7) is 7.19. The standard InChI is InChI=1S/C24H32N2O6/c1-16-19-4-3-18(29-2)13-22(19)32-24(28)20(16)5-6-23(27)25-14-21(17-7-10-31-15-17)26-8-11-30-12-9-26/h3-4,13,17,21H,5-12,14-15H2,1-2H3,(H,25,27). The molecule has 0 aliphatic carbocycles. The number of carbonyl (C=O) groups is 1. The second kappa shape index (κ2) is 10.5. The van der Waals surface area contributed by atoms with Gasteiger partial charge in [-0.05, 0) is 37.5 Å². The van der Waals surface area contributed by atoms with Crippen LogP contribution >= 0.6 is 0 Å². The number of nitrogens with zero attached hydrogens (tertiary/aromatic N) is 1. The number of benzene rings is 1. The van der Waals surface area contributed by atoms with E-state index < -0.39 is 5.63 Å². The fourth-order valence-corrected chi connectivity index (χ4v) is 4.70. The summed E-state index contributed by atoms with van der Waals surface area (Å²) in [6.07, 6.45) is 1.60. The predicted octanol–water partition coefficient (Wildman–Crippen LogP) is 1.90. The largest absolute Gasteiger partial charge is 0.497 e. The lowest BCUT2D eigenvalue weighted by atomic mass is 9.96. The van der Waals surface area contributed by atoms with Gasteiger partial charge in [-0.2, -0.15) is 0 Å². The van der Waals surface area contributed by atoms with Crippen molar-refractivity contribution in [1.82, 2.24) is 10.2 Å². The number of morpholine rings is 1. The van der Waals surface area contributed by atoms with E-state index >= 15 is 0 Å². The van der Waals surface area contributed by atoms with Gasteiger partial charge in [-0.15, -0.1) is 0 Å². The molecule has 2 atom stereocenters. The topological polar surface area (TPSA) is 90.2 Å². The van der Waals surface area contributed by atoms with Crippen LogP contribution in [0.1, 0.15) is 24.0 Å². The lowest BCUT2D eigenvalue weighted by molar-refractivity contribution is -0.121. The third kappa shape index (κ3) is 5.14. The van der Waals surface area contributed by atoms with Crippen LogP contribution < -0.4 is 15.7 Å². The van der Waals surface area contributed by atoms with Crippen LogP contribution in [-0.2, 0) is 20.7 Å². The first-order valence-electron chi connectivity index (χ1n) is 11.3. The average molecular weight is 445 g/mol. The SMILES string of the molecule is COc1ccc2c(C)c(CCC(=O)NCC(C3CCOC3)N3CCOCC3)c(=O)oc2c1. The molecule has 32 heavy (non-hydrogen) atoms. The molecule has 174 valence electrons. The Kier molecular flexibility index (Phi) is 7.44. The highest BCUT2D eigenvalue weighted by Crippen LogP contribution is 2.25. The van der Waals surface area contributed by atoms with Gasteiger partial charge in [0.25, 0.3) is 0 Å². The highest BCUT2D eigenvalue weighted by Gasteiger charge is 2.31. The molecular weight excluding hydrogens is 412 g/mol. The Labute approximate surface area is 187 Å². The Morgan fingerprint density at radius 2 is 2.06 bits per heavy atom. The molecule has 8 nitrogen and oxygen atoms in total. The minimum absolute atomic E-state index is 0.0594. The van der Waals surface area contributed by atoms with Crippen LogP contribution in [0.5, 0.6) is 5.75 Å². The Balaban J connectivity index is 1.38. The summed E-state index contributed by atoms with van der Waals surface area (Å²) in [5.74, 6) is 0.991. The molecule has 2 unspecified atom stereocenters. The number of hydrogen-bond acceptors (Lipinski definition) is 7. The molecule has 2 saturated heterocycles. The molecule has 0 bridgehead atoms. The summed E-state index contributed by atoms with van der Waals surface area (Å²) in [4.78, 5) is 27.6. The first kappa shape index (κ1) is 22.8. The van der Waals surface area contributed by atoms with E-state index in [0.717, 1.165) is 56.9 Å². The first-order chi connectivity index (χ1) is 15.6. The van der Waals surface area contributed by atoms with Crippen molar-refractivity contribution in [2.24, 2.45) is 5.92 Å². The van der Waals surface area contributed by atoms with E-state index in [1.165, 1.54) is 0 Å². The molecule has 1 aromatic heterocycles. The van der Waals surface area contributed by atoms with Crippen molar-refractivity contribution in [3.8, 4) is 5.75 Å². The predicted molar refractivity (Wildman–Crippen MR) is 120 cm³/mol. The fraction of sp³-hybridized carbons (Fsp3) is 0.583. The Hall–Kier alpha value is -2.42. The minimum Gasteiger partial charge on any atom is -0.497 e.